The number of aliphatic hydroxyl groups excluding tert-OH is 1. The highest BCUT2D eigenvalue weighted by Crippen LogP contribution is 2.23. The summed E-state index contributed by atoms with van der Waals surface area (Å²) in [6.07, 6.45) is 1.22. The summed E-state index contributed by atoms with van der Waals surface area (Å²) in [4.78, 5) is 18.4. The van der Waals surface area contributed by atoms with E-state index in [4.69, 9.17) is 5.73 Å². The highest BCUT2D eigenvalue weighted by atomic mass is 32.1. The predicted molar refractivity (Wildman–Crippen MR) is 62.4 cm³/mol. The number of hydrogen-bond acceptors (Lipinski definition) is 5. The van der Waals surface area contributed by atoms with E-state index in [-0.39, 0.29) is 5.91 Å². The van der Waals surface area contributed by atoms with E-state index in [0.29, 0.717) is 28.8 Å². The fourth-order valence-corrected chi connectivity index (χ4v) is 2.70. The Hall–Kier alpha value is -1.14. The van der Waals surface area contributed by atoms with Crippen LogP contribution in [0.1, 0.15) is 28.2 Å². The maximum Gasteiger partial charge on any atom is 0.266 e. The number of likely N-dealkylation sites (tertiary alicyclic amines) is 1. The number of rotatable bonds is 1. The van der Waals surface area contributed by atoms with Gasteiger partial charge in [0.2, 0.25) is 0 Å². The van der Waals surface area contributed by atoms with Gasteiger partial charge in [0.05, 0.1) is 11.8 Å². The largest absolute Gasteiger partial charge is 0.391 e. The van der Waals surface area contributed by atoms with Crippen LogP contribution in [0, 0.1) is 6.92 Å². The van der Waals surface area contributed by atoms with Crippen LogP contribution in [0.5, 0.6) is 0 Å². The number of anilines is 1. The zero-order chi connectivity index (χ0) is 11.7. The average molecular weight is 241 g/mol. The molecule has 1 amide bonds. The minimum Gasteiger partial charge on any atom is -0.391 e. The molecule has 1 aromatic rings. The Kier molecular flexibility index (Phi) is 3.11. The number of thiazole rings is 1. The molecular formula is C10H15N3O2S. The van der Waals surface area contributed by atoms with Crippen LogP contribution in [0.15, 0.2) is 0 Å². The summed E-state index contributed by atoms with van der Waals surface area (Å²) in [7, 11) is 0. The van der Waals surface area contributed by atoms with E-state index in [2.05, 4.69) is 4.98 Å². The quantitative estimate of drug-likeness (QED) is 0.756. The number of nitrogen functional groups attached to an aromatic ring is 1. The van der Waals surface area contributed by atoms with Gasteiger partial charge in [-0.25, -0.2) is 4.98 Å². The molecule has 1 fully saturated rings. The summed E-state index contributed by atoms with van der Waals surface area (Å²) in [6.45, 7) is 2.89. The summed E-state index contributed by atoms with van der Waals surface area (Å²) < 4.78 is 0. The monoisotopic (exact) mass is 241 g/mol. The molecule has 2 heterocycles. The van der Waals surface area contributed by atoms with Gasteiger partial charge in [-0.2, -0.15) is 0 Å². The van der Waals surface area contributed by atoms with Crippen LogP contribution < -0.4 is 5.73 Å². The van der Waals surface area contributed by atoms with Gasteiger partial charge in [0.1, 0.15) is 4.88 Å². The van der Waals surface area contributed by atoms with E-state index in [1.165, 1.54) is 11.3 Å². The van der Waals surface area contributed by atoms with Crippen LogP contribution in [0.2, 0.25) is 0 Å². The SMILES string of the molecule is Cc1nc(N)sc1C(=O)N1CCCC(O)C1. The first-order chi connectivity index (χ1) is 7.58. The van der Waals surface area contributed by atoms with Crippen molar-refractivity contribution < 1.29 is 9.90 Å². The van der Waals surface area contributed by atoms with Gasteiger partial charge in [-0.05, 0) is 19.8 Å². The lowest BCUT2D eigenvalue weighted by molar-refractivity contribution is 0.0477. The first-order valence-electron chi connectivity index (χ1n) is 5.28. The maximum atomic E-state index is 12.1. The van der Waals surface area contributed by atoms with Crippen molar-refractivity contribution in [3.05, 3.63) is 10.6 Å². The summed E-state index contributed by atoms with van der Waals surface area (Å²) in [6, 6.07) is 0. The third kappa shape index (κ3) is 2.17. The molecule has 1 aromatic heterocycles. The van der Waals surface area contributed by atoms with Crippen molar-refractivity contribution in [3.8, 4) is 0 Å². The maximum absolute atomic E-state index is 12.1. The lowest BCUT2D eigenvalue weighted by Gasteiger charge is -2.29. The molecule has 0 aliphatic carbocycles. The number of aliphatic hydroxyl groups is 1. The number of β-amino-alcohol motifs (C(OH)–C–C–N with tert-alkyl or cyclic N) is 1. The smallest absolute Gasteiger partial charge is 0.266 e. The highest BCUT2D eigenvalue weighted by molar-refractivity contribution is 7.17. The van der Waals surface area contributed by atoms with Gasteiger partial charge in [0.25, 0.3) is 5.91 Å². The molecule has 1 aliphatic rings. The van der Waals surface area contributed by atoms with E-state index >= 15 is 0 Å². The topological polar surface area (TPSA) is 79.5 Å². The van der Waals surface area contributed by atoms with Crippen molar-refractivity contribution in [2.75, 3.05) is 18.8 Å². The van der Waals surface area contributed by atoms with E-state index in [1.54, 1.807) is 11.8 Å². The minimum atomic E-state index is -0.400. The van der Waals surface area contributed by atoms with Crippen LogP contribution in [0.25, 0.3) is 0 Å². The third-order valence-electron chi connectivity index (χ3n) is 2.69. The van der Waals surface area contributed by atoms with E-state index in [9.17, 15) is 9.90 Å². The van der Waals surface area contributed by atoms with Crippen LogP contribution >= 0.6 is 11.3 Å². The van der Waals surface area contributed by atoms with E-state index in [1.807, 2.05) is 0 Å². The number of amides is 1. The molecule has 1 saturated heterocycles. The van der Waals surface area contributed by atoms with E-state index in [0.717, 1.165) is 12.8 Å². The van der Waals surface area contributed by atoms with Crippen LogP contribution in [-0.2, 0) is 0 Å². The zero-order valence-corrected chi connectivity index (χ0v) is 9.96. The number of hydrogen-bond donors (Lipinski definition) is 2. The van der Waals surface area contributed by atoms with Gasteiger partial charge >= 0.3 is 0 Å². The molecule has 0 bridgehead atoms. The lowest BCUT2D eigenvalue weighted by Crippen LogP contribution is -2.42. The zero-order valence-electron chi connectivity index (χ0n) is 9.14. The molecule has 1 unspecified atom stereocenters. The lowest BCUT2D eigenvalue weighted by atomic mass is 10.1. The average Bonchev–Trinajstić information content (AvgIpc) is 2.57. The minimum absolute atomic E-state index is 0.0644. The Morgan fingerprint density at radius 1 is 1.69 bits per heavy atom. The molecule has 5 nitrogen and oxygen atoms in total. The van der Waals surface area contributed by atoms with Crippen molar-refractivity contribution in [1.82, 2.24) is 9.88 Å². The summed E-state index contributed by atoms with van der Waals surface area (Å²) in [5.74, 6) is -0.0644. The molecule has 16 heavy (non-hydrogen) atoms. The normalized spacial score (nSPS) is 21.1. The third-order valence-corrected chi connectivity index (χ3v) is 3.67. The van der Waals surface area contributed by atoms with Gasteiger partial charge in [-0.3, -0.25) is 4.79 Å². The number of aryl methyl sites for hydroxylation is 1. The van der Waals surface area contributed by atoms with Crippen LogP contribution in [0.4, 0.5) is 5.13 Å². The molecule has 0 aromatic carbocycles. The Balaban J connectivity index is 2.15. The van der Waals surface area contributed by atoms with Crippen molar-refractivity contribution in [2.45, 2.75) is 25.9 Å². The fourth-order valence-electron chi connectivity index (χ4n) is 1.90. The Labute approximate surface area is 97.9 Å². The molecule has 1 aliphatic heterocycles. The first-order valence-corrected chi connectivity index (χ1v) is 6.10. The Morgan fingerprint density at radius 2 is 2.44 bits per heavy atom. The molecule has 2 rings (SSSR count). The van der Waals surface area contributed by atoms with Gasteiger partial charge < -0.3 is 15.7 Å². The van der Waals surface area contributed by atoms with Crippen molar-refractivity contribution in [3.63, 3.8) is 0 Å². The van der Waals surface area contributed by atoms with Crippen LogP contribution in [0.3, 0.4) is 0 Å². The van der Waals surface area contributed by atoms with Gasteiger partial charge in [0, 0.05) is 13.1 Å². The fraction of sp³-hybridized carbons (Fsp3) is 0.600. The van der Waals surface area contributed by atoms with Crippen LogP contribution in [-0.4, -0.2) is 40.1 Å². The van der Waals surface area contributed by atoms with Gasteiger partial charge in [-0.1, -0.05) is 11.3 Å². The Morgan fingerprint density at radius 3 is 3.00 bits per heavy atom. The second-order valence-electron chi connectivity index (χ2n) is 4.01. The number of carbonyl (C=O) groups excluding carboxylic acids is 1. The summed E-state index contributed by atoms with van der Waals surface area (Å²) in [5.41, 5.74) is 6.24. The van der Waals surface area contributed by atoms with Crippen molar-refractivity contribution in [1.29, 1.82) is 0 Å². The molecular weight excluding hydrogens is 226 g/mol. The summed E-state index contributed by atoms with van der Waals surface area (Å²) >= 11 is 1.21. The summed E-state index contributed by atoms with van der Waals surface area (Å²) in [5, 5.41) is 9.93. The highest BCUT2D eigenvalue weighted by Gasteiger charge is 2.25. The van der Waals surface area contributed by atoms with Crippen molar-refractivity contribution in [2.24, 2.45) is 0 Å². The molecule has 1 atom stereocenters. The molecule has 6 heteroatoms. The number of aromatic nitrogens is 1. The Bertz CT molecular complexity index is 405. The molecule has 3 N–H and O–H groups in total. The van der Waals surface area contributed by atoms with Crippen molar-refractivity contribution >= 4 is 22.4 Å². The number of piperidine rings is 1. The molecule has 0 radical (unpaired) electrons. The number of nitrogens with two attached hydrogens (primary N) is 1. The van der Waals surface area contributed by atoms with Gasteiger partial charge in [-0.15, -0.1) is 0 Å². The molecule has 0 saturated carbocycles. The second kappa shape index (κ2) is 4.39. The first kappa shape index (κ1) is 11.3. The number of nitrogens with zero attached hydrogens (tertiary/aromatic N) is 2. The van der Waals surface area contributed by atoms with E-state index < -0.39 is 6.10 Å². The standard InChI is InChI=1S/C10H15N3O2S/c1-6-8(16-10(11)12-6)9(15)13-4-2-3-7(14)5-13/h7,14H,2-5H2,1H3,(H2,11,12). The number of carbonyl (C=O) groups is 1. The second-order valence-corrected chi connectivity index (χ2v) is 5.04. The van der Waals surface area contributed by atoms with Gasteiger partial charge in [0.15, 0.2) is 5.13 Å². The molecule has 88 valence electrons. The predicted octanol–water partition coefficient (Wildman–Crippen LogP) is 0.631. The molecule has 0 spiro atoms.